The van der Waals surface area contributed by atoms with Gasteiger partial charge in [-0.3, -0.25) is 9.36 Å². The topological polar surface area (TPSA) is 60.7 Å². The molecule has 0 atom stereocenters. The Morgan fingerprint density at radius 2 is 2.00 bits per heavy atom. The third-order valence-corrected chi connectivity index (χ3v) is 7.66. The summed E-state index contributed by atoms with van der Waals surface area (Å²) < 4.78 is 6.17. The van der Waals surface area contributed by atoms with Crippen molar-refractivity contribution < 1.29 is 0 Å². The lowest BCUT2D eigenvalue weighted by molar-refractivity contribution is 0.815. The molecule has 3 heterocycles. The number of halogens is 1. The number of fused-ring (bicyclic) bond motifs is 1. The van der Waals surface area contributed by atoms with Gasteiger partial charge in [-0.25, -0.2) is 4.98 Å². The molecular formula is C19H17ClN4OS3. The van der Waals surface area contributed by atoms with Crippen LogP contribution in [0.15, 0.2) is 28.2 Å². The number of rotatable bonds is 4. The predicted octanol–water partition coefficient (Wildman–Crippen LogP) is 5.48. The molecule has 0 unspecified atom stereocenters. The molecule has 0 amide bonds. The average Bonchev–Trinajstić information content (AvgIpc) is 3.18. The Hall–Kier alpha value is -1.74. The molecule has 0 bridgehead atoms. The first-order valence-corrected chi connectivity index (χ1v) is 11.5. The molecular weight excluding hydrogens is 432 g/mol. The van der Waals surface area contributed by atoms with Crippen LogP contribution < -0.4 is 5.56 Å². The number of aryl methyl sites for hydroxylation is 4. The van der Waals surface area contributed by atoms with Crippen molar-refractivity contribution in [3.63, 3.8) is 0 Å². The standard InChI is InChI=1S/C19H17ClN4OS3/c1-9-5-6-10(2)14(7-9)24-18(25)15-11(3)12(4)27-17(15)21-19(24)26-8-13-16(20)28-23-22-13/h5-7H,8H2,1-4H3. The Labute approximate surface area is 179 Å². The SMILES string of the molecule is Cc1ccc(C)c(-n2c(SCc3nnsc3Cl)nc3sc(C)c(C)c3c2=O)c1. The lowest BCUT2D eigenvalue weighted by atomic mass is 10.1. The molecule has 0 spiro atoms. The van der Waals surface area contributed by atoms with Crippen molar-refractivity contribution in [3.8, 4) is 5.69 Å². The second-order valence-corrected chi connectivity index (χ2v) is 10.1. The van der Waals surface area contributed by atoms with Crippen LogP contribution >= 0.6 is 46.2 Å². The van der Waals surface area contributed by atoms with Crippen LogP contribution in [0.5, 0.6) is 0 Å². The van der Waals surface area contributed by atoms with Crippen LogP contribution in [0.25, 0.3) is 15.9 Å². The maximum atomic E-state index is 13.5. The summed E-state index contributed by atoms with van der Waals surface area (Å²) in [5.74, 6) is 0.501. The fraction of sp³-hybridized carbons (Fsp3) is 0.263. The number of nitrogens with zero attached hydrogens (tertiary/aromatic N) is 4. The molecule has 0 radical (unpaired) electrons. The van der Waals surface area contributed by atoms with E-state index in [1.54, 1.807) is 15.9 Å². The van der Waals surface area contributed by atoms with Crippen LogP contribution in [0.3, 0.4) is 0 Å². The molecule has 0 saturated heterocycles. The zero-order chi connectivity index (χ0) is 20.0. The average molecular weight is 449 g/mol. The molecule has 4 rings (SSSR count). The zero-order valence-electron chi connectivity index (χ0n) is 15.7. The van der Waals surface area contributed by atoms with Gasteiger partial charge in [0.15, 0.2) is 5.16 Å². The van der Waals surface area contributed by atoms with E-state index in [1.165, 1.54) is 11.8 Å². The minimum Gasteiger partial charge on any atom is -0.268 e. The van der Waals surface area contributed by atoms with Gasteiger partial charge < -0.3 is 0 Å². The zero-order valence-corrected chi connectivity index (χ0v) is 18.9. The summed E-state index contributed by atoms with van der Waals surface area (Å²) in [6.07, 6.45) is 0. The molecule has 1 aromatic carbocycles. The minimum absolute atomic E-state index is 0.0365. The van der Waals surface area contributed by atoms with Crippen molar-refractivity contribution in [2.24, 2.45) is 0 Å². The first-order valence-electron chi connectivity index (χ1n) is 8.56. The van der Waals surface area contributed by atoms with Gasteiger partial charge >= 0.3 is 0 Å². The molecule has 0 saturated carbocycles. The largest absolute Gasteiger partial charge is 0.268 e. The van der Waals surface area contributed by atoms with E-state index in [-0.39, 0.29) is 5.56 Å². The van der Waals surface area contributed by atoms with Crippen LogP contribution in [0.2, 0.25) is 4.34 Å². The summed E-state index contributed by atoms with van der Waals surface area (Å²) in [4.78, 5) is 20.3. The number of benzene rings is 1. The number of hydrogen-bond acceptors (Lipinski definition) is 7. The highest BCUT2D eigenvalue weighted by Gasteiger charge is 2.20. The summed E-state index contributed by atoms with van der Waals surface area (Å²) >= 11 is 10.3. The molecule has 0 aliphatic rings. The first kappa shape index (κ1) is 19.6. The Balaban J connectivity index is 1.95. The lowest BCUT2D eigenvalue weighted by Crippen LogP contribution is -2.22. The van der Waals surface area contributed by atoms with Gasteiger partial charge in [-0.1, -0.05) is 40.0 Å². The monoisotopic (exact) mass is 448 g/mol. The van der Waals surface area contributed by atoms with Crippen molar-refractivity contribution in [2.75, 3.05) is 0 Å². The van der Waals surface area contributed by atoms with Crippen molar-refractivity contribution in [1.29, 1.82) is 0 Å². The number of thioether (sulfide) groups is 1. The summed E-state index contributed by atoms with van der Waals surface area (Å²) in [6, 6.07) is 6.10. The third-order valence-electron chi connectivity index (χ3n) is 4.63. The van der Waals surface area contributed by atoms with Crippen LogP contribution in [0, 0.1) is 27.7 Å². The van der Waals surface area contributed by atoms with E-state index in [2.05, 4.69) is 9.59 Å². The molecule has 9 heteroatoms. The highest BCUT2D eigenvalue weighted by molar-refractivity contribution is 7.98. The molecule has 28 heavy (non-hydrogen) atoms. The highest BCUT2D eigenvalue weighted by atomic mass is 35.5. The van der Waals surface area contributed by atoms with E-state index in [0.717, 1.165) is 43.6 Å². The second-order valence-electron chi connectivity index (χ2n) is 6.57. The van der Waals surface area contributed by atoms with E-state index < -0.39 is 0 Å². The van der Waals surface area contributed by atoms with E-state index >= 15 is 0 Å². The third kappa shape index (κ3) is 3.39. The molecule has 5 nitrogen and oxygen atoms in total. The van der Waals surface area contributed by atoms with Gasteiger partial charge in [-0.2, -0.15) is 0 Å². The quantitative estimate of drug-likeness (QED) is 0.305. The predicted molar refractivity (Wildman–Crippen MR) is 119 cm³/mol. The van der Waals surface area contributed by atoms with E-state index in [1.807, 2.05) is 45.9 Å². The van der Waals surface area contributed by atoms with Gasteiger partial charge in [0, 0.05) is 22.2 Å². The Kier molecular flexibility index (Phi) is 5.30. The Morgan fingerprint density at radius 3 is 2.71 bits per heavy atom. The second kappa shape index (κ2) is 7.59. The van der Waals surface area contributed by atoms with Gasteiger partial charge in [0.2, 0.25) is 0 Å². The summed E-state index contributed by atoms with van der Waals surface area (Å²) in [6.45, 7) is 8.04. The van der Waals surface area contributed by atoms with Gasteiger partial charge in [0.25, 0.3) is 5.56 Å². The molecule has 0 aliphatic heterocycles. The number of aromatic nitrogens is 4. The normalized spacial score (nSPS) is 11.5. The van der Waals surface area contributed by atoms with Gasteiger partial charge in [0.1, 0.15) is 14.9 Å². The molecule has 3 aromatic heterocycles. The van der Waals surface area contributed by atoms with E-state index in [9.17, 15) is 4.79 Å². The van der Waals surface area contributed by atoms with Crippen LogP contribution in [0.4, 0.5) is 0 Å². The lowest BCUT2D eigenvalue weighted by Gasteiger charge is -2.15. The molecule has 144 valence electrons. The van der Waals surface area contributed by atoms with E-state index in [0.29, 0.717) is 26.3 Å². The van der Waals surface area contributed by atoms with Crippen LogP contribution in [0.1, 0.15) is 27.3 Å². The summed E-state index contributed by atoms with van der Waals surface area (Å²) in [5, 5.41) is 5.40. The Morgan fingerprint density at radius 1 is 1.21 bits per heavy atom. The highest BCUT2D eigenvalue weighted by Crippen LogP contribution is 2.32. The fourth-order valence-electron chi connectivity index (χ4n) is 2.96. The van der Waals surface area contributed by atoms with Crippen molar-refractivity contribution in [2.45, 2.75) is 38.6 Å². The van der Waals surface area contributed by atoms with Crippen molar-refractivity contribution >= 4 is 56.4 Å². The molecule has 0 aliphatic carbocycles. The summed E-state index contributed by atoms with van der Waals surface area (Å²) in [5.41, 5.74) is 4.64. The van der Waals surface area contributed by atoms with Crippen molar-refractivity contribution in [1.82, 2.24) is 19.1 Å². The first-order chi connectivity index (χ1) is 13.4. The fourth-order valence-corrected chi connectivity index (χ4v) is 5.77. The van der Waals surface area contributed by atoms with E-state index in [4.69, 9.17) is 16.6 Å². The molecule has 4 aromatic rings. The van der Waals surface area contributed by atoms with Crippen LogP contribution in [-0.4, -0.2) is 19.1 Å². The van der Waals surface area contributed by atoms with Gasteiger partial charge in [-0.05, 0) is 50.5 Å². The van der Waals surface area contributed by atoms with Gasteiger partial charge in [0.05, 0.1) is 11.1 Å². The van der Waals surface area contributed by atoms with Crippen molar-refractivity contribution in [3.05, 3.63) is 60.2 Å². The maximum Gasteiger partial charge on any atom is 0.267 e. The number of thiophene rings is 1. The number of hydrogen-bond donors (Lipinski definition) is 0. The molecule has 0 N–H and O–H groups in total. The maximum absolute atomic E-state index is 13.5. The van der Waals surface area contributed by atoms with Crippen LogP contribution in [-0.2, 0) is 5.75 Å². The summed E-state index contributed by atoms with van der Waals surface area (Å²) in [7, 11) is 0. The Bertz CT molecular complexity index is 1260. The van der Waals surface area contributed by atoms with Gasteiger partial charge in [-0.15, -0.1) is 16.4 Å². The molecule has 0 fully saturated rings. The minimum atomic E-state index is -0.0365. The smallest absolute Gasteiger partial charge is 0.267 e.